The predicted molar refractivity (Wildman–Crippen MR) is 327 cm³/mol. The Bertz CT molecular complexity index is 3340. The molecule has 4 heteroatoms. The van der Waals surface area contributed by atoms with Crippen molar-refractivity contribution in [1.29, 1.82) is 0 Å². The number of halogens is 2. The molecule has 0 heterocycles. The average molecular weight is 1130 g/mol. The van der Waals surface area contributed by atoms with Crippen molar-refractivity contribution in [2.45, 2.75) is 83.1 Å². The number of hydrogen-bond acceptors (Lipinski definition) is 0. The topological polar surface area (TPSA) is 0 Å². The monoisotopic (exact) mass is 1130 g/mol. The first kappa shape index (κ1) is 62.8. The van der Waals surface area contributed by atoms with E-state index in [-0.39, 0.29) is 24.8 Å². The molecule has 0 unspecified atom stereocenters. The van der Waals surface area contributed by atoms with Gasteiger partial charge in [0.15, 0.2) is 0 Å². The van der Waals surface area contributed by atoms with E-state index in [2.05, 4.69) is 317 Å². The molecule has 0 amide bonds. The number of rotatable bonds is 4. The van der Waals surface area contributed by atoms with Crippen LogP contribution >= 0.6 is 0 Å². The van der Waals surface area contributed by atoms with Crippen LogP contribution in [0.3, 0.4) is 0 Å². The van der Waals surface area contributed by atoms with E-state index in [9.17, 15) is 0 Å². The van der Waals surface area contributed by atoms with Crippen molar-refractivity contribution in [3.8, 4) is 0 Å². The van der Waals surface area contributed by atoms with Crippen LogP contribution in [0.25, 0.3) is 43.1 Å². The predicted octanol–water partition coefficient (Wildman–Crippen LogP) is 13.5. The Morgan fingerprint density at radius 2 is 0.423 bits per heavy atom. The van der Waals surface area contributed by atoms with Gasteiger partial charge in [0.25, 0.3) is 0 Å². The molecule has 0 nitrogen and oxygen atoms in total. The summed E-state index contributed by atoms with van der Waals surface area (Å²) in [6.45, 7) is 26.2. The maximum atomic E-state index is 2.26. The molecule has 0 aliphatic heterocycles. The summed E-state index contributed by atoms with van der Waals surface area (Å²) < 4.78 is 2.65. The first-order valence-corrected chi connectivity index (χ1v) is 28.0. The van der Waals surface area contributed by atoms with Gasteiger partial charge in [0, 0.05) is 0 Å². The summed E-state index contributed by atoms with van der Waals surface area (Å²) >= 11 is 4.31. The summed E-state index contributed by atoms with van der Waals surface area (Å²) in [6, 6.07) is 76.8. The molecule has 0 radical (unpaired) electrons. The molecule has 12 aromatic carbocycles. The van der Waals surface area contributed by atoms with Gasteiger partial charge < -0.3 is 24.8 Å². The van der Waals surface area contributed by atoms with Crippen LogP contribution in [0.15, 0.2) is 218 Å². The molecule has 12 rings (SSSR count). The summed E-state index contributed by atoms with van der Waals surface area (Å²) in [5.41, 5.74) is 22.1. The molecule has 0 bridgehead atoms. The zero-order valence-corrected chi connectivity index (χ0v) is 52.2. The standard InChI is InChI=1S/2C13H10.4C12H13.2ClH.2Ti/c2*1-3-7-12(8-4-1)11-13-9-5-2-6-10-13;4*1-8-5-4-6-11-7-9(2)10(3)12(8)11;;;;/h2*1-10H;4*4-7H,1-3H3;2*1H;;/q;;4*-1;;;2*+2/p-2. The summed E-state index contributed by atoms with van der Waals surface area (Å²) in [7, 11) is 0. The molecule has 0 spiro atoms. The zero-order valence-electron chi connectivity index (χ0n) is 47.5. The van der Waals surface area contributed by atoms with Gasteiger partial charge in [-0.2, -0.15) is 22.3 Å². The normalized spacial score (nSPS) is 10.3. The molecule has 12 aromatic rings. The van der Waals surface area contributed by atoms with Crippen LogP contribution in [0.4, 0.5) is 0 Å². The van der Waals surface area contributed by atoms with E-state index in [1.54, 1.807) is 0 Å². The van der Waals surface area contributed by atoms with Crippen LogP contribution in [0.2, 0.25) is 0 Å². The third-order valence-electron chi connectivity index (χ3n) is 14.8. The summed E-state index contributed by atoms with van der Waals surface area (Å²) in [6.07, 6.45) is 0. The van der Waals surface area contributed by atoms with E-state index in [0.29, 0.717) is 0 Å². The van der Waals surface area contributed by atoms with E-state index < -0.39 is 0 Å². The Morgan fingerprint density at radius 3 is 0.590 bits per heavy atom. The minimum absolute atomic E-state index is 0. The molecule has 0 N–H and O–H groups in total. The SMILES string of the molecule is Cc1[cH-]c2cccc(C)c2c1C.Cc1[cH-]c2cccc(C)c2c1C.Cc1[cH-]c2cccc(C)c2c1C.Cc1[cH-]c2cccc(C)c2c1C.[Cl-].[Cl-].[Ti+2]=[C](c1ccccc1)c1ccccc1.[Ti+2]=[C](c1ccccc1)c1ccccc1. The Balaban J connectivity index is 0.000000172. The summed E-state index contributed by atoms with van der Waals surface area (Å²) in [5.74, 6) is 0. The van der Waals surface area contributed by atoms with Crippen molar-refractivity contribution in [2.24, 2.45) is 0 Å². The van der Waals surface area contributed by atoms with Crippen molar-refractivity contribution in [2.75, 3.05) is 0 Å². The van der Waals surface area contributed by atoms with Crippen molar-refractivity contribution < 1.29 is 64.8 Å². The van der Waals surface area contributed by atoms with Crippen molar-refractivity contribution in [3.05, 3.63) is 307 Å². The van der Waals surface area contributed by atoms with E-state index >= 15 is 0 Å². The molecule has 392 valence electrons. The van der Waals surface area contributed by atoms with Gasteiger partial charge in [-0.05, 0) is 27.7 Å². The molecular weight excluding hydrogens is 1060 g/mol. The van der Waals surface area contributed by atoms with E-state index in [1.807, 2.05) is 24.3 Å². The van der Waals surface area contributed by atoms with Gasteiger partial charge >= 0.3 is 191 Å². The Morgan fingerprint density at radius 1 is 0.244 bits per heavy atom. The fourth-order valence-corrected chi connectivity index (χ4v) is 11.2. The van der Waals surface area contributed by atoms with E-state index in [4.69, 9.17) is 0 Å². The summed E-state index contributed by atoms with van der Waals surface area (Å²) in [4.78, 5) is 0. The first-order chi connectivity index (χ1) is 36.5. The summed E-state index contributed by atoms with van der Waals surface area (Å²) in [5, 5.41) is 11.3. The number of aryl methyl sites for hydroxylation is 12. The minimum atomic E-state index is 0. The van der Waals surface area contributed by atoms with Gasteiger partial charge in [0.1, 0.15) is 0 Å². The van der Waals surface area contributed by atoms with Gasteiger partial charge in [-0.15, -0.1) is 138 Å². The molecule has 0 saturated heterocycles. The second-order valence-electron chi connectivity index (χ2n) is 20.2. The first-order valence-electron chi connectivity index (χ1n) is 26.4. The quantitative estimate of drug-likeness (QED) is 0.122. The van der Waals surface area contributed by atoms with E-state index in [0.717, 1.165) is 0 Å². The van der Waals surface area contributed by atoms with Gasteiger partial charge in [-0.1, -0.05) is 102 Å². The van der Waals surface area contributed by atoms with Crippen molar-refractivity contribution >= 4 is 50.7 Å². The molecule has 0 saturated carbocycles. The molecule has 0 aliphatic carbocycles. The van der Waals surface area contributed by atoms with Crippen LogP contribution in [0, 0.1) is 83.1 Å². The molecule has 0 fully saturated rings. The molecule has 0 atom stereocenters. The molecular formula is C74H72Cl2Ti2-2. The third kappa shape index (κ3) is 15.6. The van der Waals surface area contributed by atoms with Gasteiger partial charge in [-0.3, -0.25) is 0 Å². The zero-order chi connectivity index (χ0) is 54.5. The maximum absolute atomic E-state index is 2.26. The number of hydrogen-bond donors (Lipinski definition) is 0. The molecule has 78 heavy (non-hydrogen) atoms. The second kappa shape index (κ2) is 29.8. The average Bonchev–Trinajstić information content (AvgIpc) is 4.15. The van der Waals surface area contributed by atoms with E-state index in [1.165, 1.54) is 140 Å². The Kier molecular flexibility index (Phi) is 24.0. The number of fused-ring (bicyclic) bond motifs is 4. The Labute approximate surface area is 501 Å². The van der Waals surface area contributed by atoms with Gasteiger partial charge in [0.05, 0.1) is 0 Å². The van der Waals surface area contributed by atoms with Gasteiger partial charge in [0.2, 0.25) is 0 Å². The van der Waals surface area contributed by atoms with Crippen LogP contribution in [-0.4, -0.2) is 7.62 Å². The Hall–Kier alpha value is -6.05. The fourth-order valence-electron chi connectivity index (χ4n) is 10.2. The fraction of sp³-hybridized carbons (Fsp3) is 0.162. The van der Waals surface area contributed by atoms with Crippen LogP contribution < -0.4 is 24.8 Å². The third-order valence-corrected chi connectivity index (χ3v) is 16.6. The number of benzene rings is 8. The molecule has 0 aromatic heterocycles. The van der Waals surface area contributed by atoms with Crippen LogP contribution in [0.5, 0.6) is 0 Å². The second-order valence-corrected chi connectivity index (χ2v) is 21.7. The van der Waals surface area contributed by atoms with Crippen molar-refractivity contribution in [1.82, 2.24) is 0 Å². The van der Waals surface area contributed by atoms with Crippen molar-refractivity contribution in [3.63, 3.8) is 0 Å². The molecule has 0 aliphatic rings. The van der Waals surface area contributed by atoms with Gasteiger partial charge in [-0.25, -0.2) is 0 Å². The van der Waals surface area contributed by atoms with Crippen LogP contribution in [-0.2, 0) is 39.9 Å². The van der Waals surface area contributed by atoms with Crippen LogP contribution in [0.1, 0.15) is 89.0 Å².